The fraction of sp³-hybridized carbons (Fsp3) is 0.444. The van der Waals surface area contributed by atoms with Gasteiger partial charge in [-0.15, -0.1) is 0 Å². The van der Waals surface area contributed by atoms with Crippen molar-refractivity contribution in [2.24, 2.45) is 5.92 Å². The lowest BCUT2D eigenvalue weighted by Crippen LogP contribution is -2.39. The summed E-state index contributed by atoms with van der Waals surface area (Å²) < 4.78 is 10.9. The summed E-state index contributed by atoms with van der Waals surface area (Å²) in [6.45, 7) is 7.10. The van der Waals surface area contributed by atoms with E-state index in [1.54, 1.807) is 29.2 Å². The Labute approximate surface area is 211 Å². The third-order valence-electron chi connectivity index (χ3n) is 6.49. The number of amides is 3. The normalized spacial score (nSPS) is 18.2. The minimum atomic E-state index is -0.359. The number of ether oxygens (including phenoxy) is 2. The van der Waals surface area contributed by atoms with Gasteiger partial charge in [0.25, 0.3) is 5.91 Å². The number of rotatable bonds is 10. The van der Waals surface area contributed by atoms with E-state index >= 15 is 0 Å². The van der Waals surface area contributed by atoms with Crippen molar-refractivity contribution in [2.45, 2.75) is 19.8 Å². The zero-order valence-corrected chi connectivity index (χ0v) is 20.7. The Hall–Kier alpha value is -3.43. The van der Waals surface area contributed by atoms with Crippen molar-refractivity contribution in [3.05, 3.63) is 54.1 Å². The van der Waals surface area contributed by atoms with Crippen LogP contribution in [0, 0.1) is 12.8 Å². The first-order valence-electron chi connectivity index (χ1n) is 12.5. The number of hydrogen-bond donors (Lipinski definition) is 2. The molecule has 2 aliphatic rings. The van der Waals surface area contributed by atoms with Gasteiger partial charge in [-0.1, -0.05) is 18.2 Å². The van der Waals surface area contributed by atoms with E-state index < -0.39 is 0 Å². The van der Waals surface area contributed by atoms with Gasteiger partial charge >= 0.3 is 0 Å². The summed E-state index contributed by atoms with van der Waals surface area (Å²) in [6.07, 6.45) is 1.08. The molecule has 0 spiro atoms. The van der Waals surface area contributed by atoms with Crippen LogP contribution in [-0.4, -0.2) is 75.2 Å². The highest BCUT2D eigenvalue weighted by Gasteiger charge is 2.35. The number of anilines is 2. The zero-order valence-electron chi connectivity index (χ0n) is 20.7. The third-order valence-corrected chi connectivity index (χ3v) is 6.49. The Morgan fingerprint density at radius 2 is 1.83 bits per heavy atom. The minimum absolute atomic E-state index is 0.0743. The molecule has 2 aromatic rings. The molecule has 0 unspecified atom stereocenters. The lowest BCUT2D eigenvalue weighted by molar-refractivity contribution is -0.126. The molecule has 2 aromatic carbocycles. The molecule has 0 saturated carbocycles. The molecule has 9 heteroatoms. The first-order chi connectivity index (χ1) is 17.5. The van der Waals surface area contributed by atoms with Crippen molar-refractivity contribution in [2.75, 3.05) is 62.8 Å². The second-order valence-electron chi connectivity index (χ2n) is 9.15. The Bertz CT molecular complexity index is 1050. The molecule has 2 fully saturated rings. The summed E-state index contributed by atoms with van der Waals surface area (Å²) in [7, 11) is 0. The van der Waals surface area contributed by atoms with Crippen LogP contribution in [0.15, 0.2) is 48.5 Å². The average molecular weight is 495 g/mol. The molecule has 2 aliphatic heterocycles. The van der Waals surface area contributed by atoms with E-state index in [1.165, 1.54) is 0 Å². The van der Waals surface area contributed by atoms with E-state index in [4.69, 9.17) is 9.47 Å². The van der Waals surface area contributed by atoms with Crippen molar-refractivity contribution in [3.63, 3.8) is 0 Å². The molecule has 192 valence electrons. The van der Waals surface area contributed by atoms with Crippen LogP contribution in [0.3, 0.4) is 0 Å². The van der Waals surface area contributed by atoms with E-state index in [9.17, 15) is 14.4 Å². The van der Waals surface area contributed by atoms with Crippen molar-refractivity contribution < 1.29 is 23.9 Å². The number of hydrogen-bond acceptors (Lipinski definition) is 6. The van der Waals surface area contributed by atoms with Crippen LogP contribution in [0.4, 0.5) is 11.4 Å². The second-order valence-corrected chi connectivity index (χ2v) is 9.15. The predicted molar refractivity (Wildman–Crippen MR) is 137 cm³/mol. The fourth-order valence-corrected chi connectivity index (χ4v) is 4.39. The smallest absolute Gasteiger partial charge is 0.262 e. The number of nitrogens with zero attached hydrogens (tertiary/aromatic N) is 2. The van der Waals surface area contributed by atoms with Gasteiger partial charge in [0.1, 0.15) is 5.75 Å². The molecule has 0 aliphatic carbocycles. The average Bonchev–Trinajstić information content (AvgIpc) is 3.29. The van der Waals surface area contributed by atoms with Crippen LogP contribution in [0.25, 0.3) is 0 Å². The lowest BCUT2D eigenvalue weighted by atomic mass is 10.1. The number of morpholine rings is 1. The summed E-state index contributed by atoms with van der Waals surface area (Å²) in [6, 6.07) is 14.5. The second kappa shape index (κ2) is 12.5. The minimum Gasteiger partial charge on any atom is -0.484 e. The highest BCUT2D eigenvalue weighted by molar-refractivity contribution is 6.00. The first kappa shape index (κ1) is 25.7. The van der Waals surface area contributed by atoms with Crippen LogP contribution in [0.5, 0.6) is 5.75 Å². The molecule has 0 bridgehead atoms. The third kappa shape index (κ3) is 7.05. The van der Waals surface area contributed by atoms with Gasteiger partial charge in [0.2, 0.25) is 11.8 Å². The molecule has 2 heterocycles. The Morgan fingerprint density at radius 1 is 1.08 bits per heavy atom. The molecule has 3 amide bonds. The first-order valence-corrected chi connectivity index (χ1v) is 12.5. The Morgan fingerprint density at radius 3 is 2.58 bits per heavy atom. The molecular weight excluding hydrogens is 460 g/mol. The highest BCUT2D eigenvalue weighted by atomic mass is 16.5. The topological polar surface area (TPSA) is 100 Å². The van der Waals surface area contributed by atoms with E-state index in [1.807, 2.05) is 31.2 Å². The van der Waals surface area contributed by atoms with Crippen molar-refractivity contribution >= 4 is 29.1 Å². The van der Waals surface area contributed by atoms with E-state index in [0.29, 0.717) is 24.5 Å². The summed E-state index contributed by atoms with van der Waals surface area (Å²) in [5.74, 6) is -0.231. The quantitative estimate of drug-likeness (QED) is 0.492. The lowest BCUT2D eigenvalue weighted by Gasteiger charge is -2.26. The van der Waals surface area contributed by atoms with Crippen LogP contribution >= 0.6 is 0 Å². The van der Waals surface area contributed by atoms with Gasteiger partial charge < -0.3 is 25.0 Å². The maximum Gasteiger partial charge on any atom is 0.262 e. The number of carbonyl (C=O) groups excluding carboxylic acids is 3. The van der Waals surface area contributed by atoms with Crippen molar-refractivity contribution in [1.82, 2.24) is 10.2 Å². The number of carbonyl (C=O) groups is 3. The van der Waals surface area contributed by atoms with Crippen LogP contribution in [0.1, 0.15) is 18.4 Å². The van der Waals surface area contributed by atoms with Gasteiger partial charge in [0.05, 0.1) is 19.1 Å². The van der Waals surface area contributed by atoms with Crippen LogP contribution in [-0.2, 0) is 19.1 Å². The van der Waals surface area contributed by atoms with E-state index in [2.05, 4.69) is 15.5 Å². The maximum absolute atomic E-state index is 12.6. The fourth-order valence-electron chi connectivity index (χ4n) is 4.39. The monoisotopic (exact) mass is 494 g/mol. The van der Waals surface area contributed by atoms with E-state index in [0.717, 1.165) is 50.5 Å². The zero-order chi connectivity index (χ0) is 25.3. The Kier molecular flexibility index (Phi) is 8.91. The molecule has 36 heavy (non-hydrogen) atoms. The van der Waals surface area contributed by atoms with E-state index in [-0.39, 0.29) is 36.7 Å². The molecule has 1 atom stereocenters. The van der Waals surface area contributed by atoms with Gasteiger partial charge in [-0.25, -0.2) is 0 Å². The summed E-state index contributed by atoms with van der Waals surface area (Å²) in [4.78, 5) is 41.3. The maximum atomic E-state index is 12.6. The van der Waals surface area contributed by atoms with Gasteiger partial charge in [-0.3, -0.25) is 19.3 Å². The predicted octanol–water partition coefficient (Wildman–Crippen LogP) is 2.20. The summed E-state index contributed by atoms with van der Waals surface area (Å²) >= 11 is 0. The highest BCUT2D eigenvalue weighted by Crippen LogP contribution is 2.27. The standard InChI is InChI=1S/C27H34N4O5/c1-20-5-2-3-6-24(20)29-25(32)19-36-23-9-7-22(8-10-23)31-18-21(17-26(31)33)27(34)28-11-4-12-30-13-15-35-16-14-30/h2-3,5-10,21H,4,11-19H2,1H3,(H,28,34)(H,29,32)/t21-/m1/s1. The molecule has 9 nitrogen and oxygen atoms in total. The Balaban J connectivity index is 1.20. The van der Waals surface area contributed by atoms with Crippen molar-refractivity contribution in [1.29, 1.82) is 0 Å². The summed E-state index contributed by atoms with van der Waals surface area (Å²) in [5, 5.41) is 5.81. The number of aryl methyl sites for hydroxylation is 1. The SMILES string of the molecule is Cc1ccccc1NC(=O)COc1ccc(N2C[C@H](C(=O)NCCCN3CCOCC3)CC2=O)cc1. The molecule has 0 radical (unpaired) electrons. The number of nitrogens with one attached hydrogen (secondary N) is 2. The number of para-hydroxylation sites is 1. The molecule has 0 aromatic heterocycles. The summed E-state index contributed by atoms with van der Waals surface area (Å²) in [5.41, 5.74) is 2.44. The molecule has 2 N–H and O–H groups in total. The molecule has 4 rings (SSSR count). The van der Waals surface area contributed by atoms with Crippen molar-refractivity contribution in [3.8, 4) is 5.75 Å². The van der Waals surface area contributed by atoms with Gasteiger partial charge in [-0.2, -0.15) is 0 Å². The number of benzene rings is 2. The van der Waals surface area contributed by atoms with Gasteiger partial charge in [0.15, 0.2) is 6.61 Å². The molecule has 2 saturated heterocycles. The van der Waals surface area contributed by atoms with Gasteiger partial charge in [-0.05, 0) is 55.8 Å². The van der Waals surface area contributed by atoms with Gasteiger partial charge in [0, 0.05) is 44.0 Å². The van der Waals surface area contributed by atoms with Crippen LogP contribution in [0.2, 0.25) is 0 Å². The largest absolute Gasteiger partial charge is 0.484 e. The molecular formula is C27H34N4O5. The van der Waals surface area contributed by atoms with Crippen LogP contribution < -0.4 is 20.3 Å².